The van der Waals surface area contributed by atoms with Crippen LogP contribution < -0.4 is 10.2 Å². The molecule has 0 aliphatic heterocycles. The number of nitrogens with one attached hydrogen (secondary N) is 1. The fourth-order valence-corrected chi connectivity index (χ4v) is 1.48. The Hall–Kier alpha value is -1.55. The van der Waals surface area contributed by atoms with Crippen LogP contribution in [-0.2, 0) is 4.79 Å². The summed E-state index contributed by atoms with van der Waals surface area (Å²) in [6.07, 6.45) is 0.449. The molecule has 1 aromatic carbocycles. The summed E-state index contributed by atoms with van der Waals surface area (Å²) >= 11 is 0. The van der Waals surface area contributed by atoms with Crippen LogP contribution >= 0.6 is 0 Å². The third kappa shape index (κ3) is 4.44. The zero-order valence-electron chi connectivity index (χ0n) is 10.6. The van der Waals surface area contributed by atoms with E-state index in [2.05, 4.69) is 5.32 Å². The molecular formula is C13H20N2O2. The maximum absolute atomic E-state index is 11.8. The van der Waals surface area contributed by atoms with Gasteiger partial charge >= 0.3 is 0 Å². The normalized spacial score (nSPS) is 10.6. The summed E-state index contributed by atoms with van der Waals surface area (Å²) < 4.78 is 0. The second kappa shape index (κ2) is 6.25. The molecule has 0 saturated carbocycles. The summed E-state index contributed by atoms with van der Waals surface area (Å²) in [5.74, 6) is 0.200. The van der Waals surface area contributed by atoms with Gasteiger partial charge in [0, 0.05) is 37.8 Å². The minimum atomic E-state index is 0.0313. The Bertz CT molecular complexity index is 377. The molecule has 0 atom stereocenters. The molecule has 0 fully saturated rings. The van der Waals surface area contributed by atoms with Gasteiger partial charge in [-0.05, 0) is 12.1 Å². The third-order valence-corrected chi connectivity index (χ3v) is 2.48. The highest BCUT2D eigenvalue weighted by atomic mass is 16.3. The Morgan fingerprint density at radius 3 is 2.76 bits per heavy atom. The van der Waals surface area contributed by atoms with Gasteiger partial charge in [0.05, 0.1) is 0 Å². The minimum Gasteiger partial charge on any atom is -0.508 e. The molecule has 0 bridgehead atoms. The van der Waals surface area contributed by atoms with E-state index in [-0.39, 0.29) is 11.7 Å². The van der Waals surface area contributed by atoms with Crippen molar-refractivity contribution in [3.63, 3.8) is 0 Å². The Balaban J connectivity index is 2.52. The summed E-state index contributed by atoms with van der Waals surface area (Å²) in [7, 11) is 1.71. The lowest BCUT2D eigenvalue weighted by atomic mass is 10.2. The molecule has 17 heavy (non-hydrogen) atoms. The van der Waals surface area contributed by atoms with E-state index in [9.17, 15) is 9.90 Å². The van der Waals surface area contributed by atoms with E-state index in [1.807, 2.05) is 13.8 Å². The molecule has 0 heterocycles. The molecule has 0 aliphatic carbocycles. The molecule has 0 aliphatic rings. The molecule has 4 nitrogen and oxygen atoms in total. The maximum atomic E-state index is 11.8. The summed E-state index contributed by atoms with van der Waals surface area (Å²) in [6.45, 7) is 4.76. The number of nitrogens with zero attached hydrogens (tertiary/aromatic N) is 1. The van der Waals surface area contributed by atoms with Crippen molar-refractivity contribution < 1.29 is 9.90 Å². The second-order valence-corrected chi connectivity index (χ2v) is 4.33. The maximum Gasteiger partial charge on any atom is 0.227 e. The number of amides is 1. The number of phenolic OH excluding ortho intramolecular Hbond substituents is 1. The standard InChI is InChI=1S/C13H20N2O2/c1-10(2)14-8-7-13(17)15(3)11-5-4-6-12(16)9-11/h4-6,9-10,14,16H,7-8H2,1-3H3. The largest absolute Gasteiger partial charge is 0.508 e. The molecule has 0 spiro atoms. The summed E-state index contributed by atoms with van der Waals surface area (Å²) in [4.78, 5) is 13.4. The SMILES string of the molecule is CC(C)NCCC(=O)N(C)c1cccc(O)c1. The lowest BCUT2D eigenvalue weighted by molar-refractivity contribution is -0.118. The smallest absolute Gasteiger partial charge is 0.227 e. The first-order chi connectivity index (χ1) is 8.00. The molecule has 0 unspecified atom stereocenters. The van der Waals surface area contributed by atoms with Crippen molar-refractivity contribution in [1.82, 2.24) is 5.32 Å². The highest BCUT2D eigenvalue weighted by Gasteiger charge is 2.10. The Kier molecular flexibility index (Phi) is 4.97. The van der Waals surface area contributed by atoms with Gasteiger partial charge in [-0.2, -0.15) is 0 Å². The van der Waals surface area contributed by atoms with E-state index >= 15 is 0 Å². The highest BCUT2D eigenvalue weighted by molar-refractivity contribution is 5.93. The van der Waals surface area contributed by atoms with Crippen LogP contribution in [0.25, 0.3) is 0 Å². The number of aromatic hydroxyl groups is 1. The van der Waals surface area contributed by atoms with Crippen LogP contribution in [-0.4, -0.2) is 30.6 Å². The number of carbonyl (C=O) groups is 1. The fraction of sp³-hybridized carbons (Fsp3) is 0.462. The topological polar surface area (TPSA) is 52.6 Å². The molecule has 1 amide bonds. The molecular weight excluding hydrogens is 216 g/mol. The van der Waals surface area contributed by atoms with Crippen molar-refractivity contribution in [1.29, 1.82) is 0 Å². The van der Waals surface area contributed by atoms with E-state index in [1.54, 1.807) is 36.2 Å². The number of anilines is 1. The number of carbonyl (C=O) groups excluding carboxylic acids is 1. The lowest BCUT2D eigenvalue weighted by Crippen LogP contribution is -2.31. The Morgan fingerprint density at radius 1 is 1.47 bits per heavy atom. The number of rotatable bonds is 5. The van der Waals surface area contributed by atoms with Crippen molar-refractivity contribution in [3.05, 3.63) is 24.3 Å². The molecule has 1 rings (SSSR count). The van der Waals surface area contributed by atoms with Gasteiger partial charge in [-0.25, -0.2) is 0 Å². The summed E-state index contributed by atoms with van der Waals surface area (Å²) in [5.41, 5.74) is 0.708. The molecule has 0 radical (unpaired) electrons. The molecule has 94 valence electrons. The first kappa shape index (κ1) is 13.5. The van der Waals surface area contributed by atoms with Crippen LogP contribution in [0.5, 0.6) is 5.75 Å². The van der Waals surface area contributed by atoms with Crippen LogP contribution in [0.15, 0.2) is 24.3 Å². The van der Waals surface area contributed by atoms with E-state index < -0.39 is 0 Å². The number of benzene rings is 1. The van der Waals surface area contributed by atoms with Gasteiger partial charge in [-0.1, -0.05) is 19.9 Å². The third-order valence-electron chi connectivity index (χ3n) is 2.48. The van der Waals surface area contributed by atoms with Crippen molar-refractivity contribution in [2.75, 3.05) is 18.5 Å². The van der Waals surface area contributed by atoms with Crippen LogP contribution in [0.2, 0.25) is 0 Å². The van der Waals surface area contributed by atoms with Gasteiger partial charge in [0.25, 0.3) is 0 Å². The van der Waals surface area contributed by atoms with Crippen molar-refractivity contribution >= 4 is 11.6 Å². The van der Waals surface area contributed by atoms with Crippen LogP contribution in [0.1, 0.15) is 20.3 Å². The lowest BCUT2D eigenvalue weighted by Gasteiger charge is -2.18. The molecule has 4 heteroatoms. The first-order valence-corrected chi connectivity index (χ1v) is 5.79. The zero-order chi connectivity index (χ0) is 12.8. The summed E-state index contributed by atoms with van der Waals surface area (Å²) in [5, 5.41) is 12.5. The number of phenols is 1. The fourth-order valence-electron chi connectivity index (χ4n) is 1.48. The van der Waals surface area contributed by atoms with E-state index in [1.165, 1.54) is 0 Å². The predicted molar refractivity (Wildman–Crippen MR) is 69.3 cm³/mol. The van der Waals surface area contributed by atoms with E-state index in [0.29, 0.717) is 24.7 Å². The molecule has 0 saturated heterocycles. The van der Waals surface area contributed by atoms with Gasteiger partial charge in [0.2, 0.25) is 5.91 Å². The number of hydrogen-bond donors (Lipinski definition) is 2. The Morgan fingerprint density at radius 2 is 2.18 bits per heavy atom. The van der Waals surface area contributed by atoms with E-state index in [0.717, 1.165) is 0 Å². The van der Waals surface area contributed by atoms with E-state index in [4.69, 9.17) is 0 Å². The van der Waals surface area contributed by atoms with Crippen molar-refractivity contribution in [2.24, 2.45) is 0 Å². The highest BCUT2D eigenvalue weighted by Crippen LogP contribution is 2.19. The van der Waals surface area contributed by atoms with Gasteiger partial charge < -0.3 is 15.3 Å². The quantitative estimate of drug-likeness (QED) is 0.819. The van der Waals surface area contributed by atoms with Crippen LogP contribution in [0.3, 0.4) is 0 Å². The second-order valence-electron chi connectivity index (χ2n) is 4.33. The molecule has 2 N–H and O–H groups in total. The Labute approximate surface area is 102 Å². The van der Waals surface area contributed by atoms with Gasteiger partial charge in [-0.15, -0.1) is 0 Å². The minimum absolute atomic E-state index is 0.0313. The summed E-state index contributed by atoms with van der Waals surface area (Å²) in [6, 6.07) is 7.07. The zero-order valence-corrected chi connectivity index (χ0v) is 10.6. The van der Waals surface area contributed by atoms with Gasteiger partial charge in [0.15, 0.2) is 0 Å². The molecule has 0 aromatic heterocycles. The predicted octanol–water partition coefficient (Wildman–Crippen LogP) is 1.74. The van der Waals surface area contributed by atoms with Gasteiger partial charge in [0.1, 0.15) is 5.75 Å². The average Bonchev–Trinajstić information content (AvgIpc) is 2.27. The number of hydrogen-bond acceptors (Lipinski definition) is 3. The van der Waals surface area contributed by atoms with Crippen LogP contribution in [0, 0.1) is 0 Å². The van der Waals surface area contributed by atoms with Crippen molar-refractivity contribution in [3.8, 4) is 5.75 Å². The van der Waals surface area contributed by atoms with Gasteiger partial charge in [-0.3, -0.25) is 4.79 Å². The van der Waals surface area contributed by atoms with Crippen molar-refractivity contribution in [2.45, 2.75) is 26.3 Å². The molecule has 1 aromatic rings. The monoisotopic (exact) mass is 236 g/mol. The van der Waals surface area contributed by atoms with Crippen LogP contribution in [0.4, 0.5) is 5.69 Å². The average molecular weight is 236 g/mol. The first-order valence-electron chi connectivity index (χ1n) is 5.79.